The van der Waals surface area contributed by atoms with E-state index in [4.69, 9.17) is 16.3 Å². The van der Waals surface area contributed by atoms with Gasteiger partial charge in [-0.25, -0.2) is 0 Å². The molecule has 0 fully saturated rings. The van der Waals surface area contributed by atoms with Crippen LogP contribution < -0.4 is 15.4 Å². The molecule has 2 aromatic rings. The largest absolute Gasteiger partial charge is 0.491 e. The van der Waals surface area contributed by atoms with E-state index >= 15 is 0 Å². The molecule has 4 nitrogen and oxygen atoms in total. The molecule has 0 atom stereocenters. The maximum Gasteiger partial charge on any atom is 0.226 e. The number of hydrogen-bond donors (Lipinski definition) is 2. The van der Waals surface area contributed by atoms with E-state index in [1.165, 1.54) is 0 Å². The summed E-state index contributed by atoms with van der Waals surface area (Å²) in [5, 5.41) is 6.76. The molecular weight excluding hydrogens is 324 g/mol. The van der Waals surface area contributed by atoms with Crippen LogP contribution in [-0.2, 0) is 4.79 Å². The van der Waals surface area contributed by atoms with Crippen LogP contribution in [0.25, 0.3) is 0 Å². The van der Waals surface area contributed by atoms with Gasteiger partial charge in [0.2, 0.25) is 5.91 Å². The summed E-state index contributed by atoms with van der Waals surface area (Å²) in [6.45, 7) is 6.42. The van der Waals surface area contributed by atoms with Gasteiger partial charge in [0.05, 0.1) is 6.10 Å². The Morgan fingerprint density at radius 3 is 2.54 bits per heavy atom. The van der Waals surface area contributed by atoms with Gasteiger partial charge in [-0.15, -0.1) is 0 Å². The van der Waals surface area contributed by atoms with Crippen molar-refractivity contribution in [1.82, 2.24) is 0 Å². The molecule has 0 spiro atoms. The molecule has 0 aliphatic rings. The van der Waals surface area contributed by atoms with Gasteiger partial charge in [0.15, 0.2) is 0 Å². The first kappa shape index (κ1) is 18.1. The summed E-state index contributed by atoms with van der Waals surface area (Å²) in [5.74, 6) is 0.789. The lowest BCUT2D eigenvalue weighted by Crippen LogP contribution is -2.16. The molecule has 0 radical (unpaired) electrons. The fraction of sp³-hybridized carbons (Fsp3) is 0.316. The minimum atomic E-state index is -0.0485. The summed E-state index contributed by atoms with van der Waals surface area (Å²) < 4.78 is 5.60. The zero-order valence-electron chi connectivity index (χ0n) is 14.2. The summed E-state index contributed by atoms with van der Waals surface area (Å²) in [6.07, 6.45) is 0.526. The lowest BCUT2D eigenvalue weighted by molar-refractivity contribution is -0.115. The molecule has 2 rings (SSSR count). The molecule has 0 heterocycles. The van der Waals surface area contributed by atoms with Crippen LogP contribution >= 0.6 is 11.6 Å². The Morgan fingerprint density at radius 2 is 1.88 bits per heavy atom. The van der Waals surface area contributed by atoms with Crippen molar-refractivity contribution in [2.24, 2.45) is 0 Å². The van der Waals surface area contributed by atoms with Crippen molar-refractivity contribution in [3.8, 4) is 5.75 Å². The predicted molar refractivity (Wildman–Crippen MR) is 100 cm³/mol. The Bertz CT molecular complexity index is 684. The third kappa shape index (κ3) is 5.46. The van der Waals surface area contributed by atoms with E-state index in [9.17, 15) is 4.79 Å². The minimum Gasteiger partial charge on any atom is -0.491 e. The van der Waals surface area contributed by atoms with Crippen LogP contribution in [0.15, 0.2) is 42.5 Å². The normalized spacial score (nSPS) is 10.5. The zero-order valence-corrected chi connectivity index (χ0v) is 15.0. The molecule has 5 heteroatoms. The molecule has 0 unspecified atom stereocenters. The van der Waals surface area contributed by atoms with Crippen LogP contribution in [0.1, 0.15) is 25.8 Å². The lowest BCUT2D eigenvalue weighted by Gasteiger charge is -2.12. The molecule has 0 bridgehead atoms. The van der Waals surface area contributed by atoms with Gasteiger partial charge in [-0.1, -0.05) is 17.7 Å². The van der Waals surface area contributed by atoms with Crippen molar-refractivity contribution in [1.29, 1.82) is 0 Å². The van der Waals surface area contributed by atoms with E-state index in [-0.39, 0.29) is 12.0 Å². The third-order valence-electron chi connectivity index (χ3n) is 3.45. The van der Waals surface area contributed by atoms with Gasteiger partial charge in [0.1, 0.15) is 5.75 Å². The topological polar surface area (TPSA) is 50.4 Å². The third-order valence-corrected chi connectivity index (χ3v) is 3.86. The quantitative estimate of drug-likeness (QED) is 0.751. The predicted octanol–water partition coefficient (Wildman–Crippen LogP) is 4.88. The average molecular weight is 347 g/mol. The Kier molecular flexibility index (Phi) is 6.50. The van der Waals surface area contributed by atoms with Crippen molar-refractivity contribution in [2.75, 3.05) is 17.2 Å². The van der Waals surface area contributed by atoms with E-state index in [1.807, 2.05) is 57.2 Å². The van der Waals surface area contributed by atoms with Crippen molar-refractivity contribution >= 4 is 28.9 Å². The molecule has 2 aromatic carbocycles. The second-order valence-corrected chi connectivity index (χ2v) is 6.24. The number of anilines is 2. The van der Waals surface area contributed by atoms with Crippen LogP contribution in [0.4, 0.5) is 11.4 Å². The molecule has 2 N–H and O–H groups in total. The highest BCUT2D eigenvalue weighted by molar-refractivity contribution is 6.31. The first-order chi connectivity index (χ1) is 11.5. The Morgan fingerprint density at radius 1 is 1.17 bits per heavy atom. The maximum absolute atomic E-state index is 12.0. The van der Waals surface area contributed by atoms with Gasteiger partial charge >= 0.3 is 0 Å². The Balaban J connectivity index is 1.79. The minimum absolute atomic E-state index is 0.0485. The Labute approximate surface area is 148 Å². The molecule has 0 aliphatic heterocycles. The van der Waals surface area contributed by atoms with Gasteiger partial charge < -0.3 is 15.4 Å². The van der Waals surface area contributed by atoms with Gasteiger partial charge in [-0.05, 0) is 62.7 Å². The first-order valence-corrected chi connectivity index (χ1v) is 8.39. The highest BCUT2D eigenvalue weighted by Gasteiger charge is 2.06. The number of ether oxygens (including phenoxy) is 1. The summed E-state index contributed by atoms with van der Waals surface area (Å²) in [6, 6.07) is 13.2. The van der Waals surface area contributed by atoms with Crippen LogP contribution in [0, 0.1) is 6.92 Å². The van der Waals surface area contributed by atoms with Crippen molar-refractivity contribution in [3.05, 3.63) is 53.1 Å². The second kappa shape index (κ2) is 8.60. The molecule has 0 saturated carbocycles. The number of carbonyl (C=O) groups is 1. The van der Waals surface area contributed by atoms with E-state index in [0.29, 0.717) is 18.0 Å². The number of hydrogen-bond acceptors (Lipinski definition) is 3. The van der Waals surface area contributed by atoms with Crippen molar-refractivity contribution < 1.29 is 9.53 Å². The van der Waals surface area contributed by atoms with E-state index in [2.05, 4.69) is 10.6 Å². The van der Waals surface area contributed by atoms with Crippen LogP contribution in [-0.4, -0.2) is 18.6 Å². The summed E-state index contributed by atoms with van der Waals surface area (Å²) in [5.41, 5.74) is 2.58. The van der Waals surface area contributed by atoms with Crippen LogP contribution in [0.2, 0.25) is 5.02 Å². The van der Waals surface area contributed by atoms with Crippen molar-refractivity contribution in [2.45, 2.75) is 33.3 Å². The first-order valence-electron chi connectivity index (χ1n) is 8.01. The zero-order chi connectivity index (χ0) is 17.5. The second-order valence-electron chi connectivity index (χ2n) is 5.83. The van der Waals surface area contributed by atoms with Gasteiger partial charge in [-0.3, -0.25) is 4.79 Å². The van der Waals surface area contributed by atoms with E-state index in [0.717, 1.165) is 22.7 Å². The fourth-order valence-electron chi connectivity index (χ4n) is 2.20. The molecule has 0 saturated heterocycles. The summed E-state index contributed by atoms with van der Waals surface area (Å²) in [4.78, 5) is 12.0. The molecule has 1 amide bonds. The number of carbonyl (C=O) groups excluding carboxylic acids is 1. The maximum atomic E-state index is 12.0. The highest BCUT2D eigenvalue weighted by Crippen LogP contribution is 2.23. The molecule has 0 aliphatic carbocycles. The van der Waals surface area contributed by atoms with E-state index in [1.54, 1.807) is 6.07 Å². The standard InChI is InChI=1S/C19H23ClN2O2/c1-13(2)24-16-9-7-15(8-10-16)21-12-11-19(23)22-18-6-4-5-17(20)14(18)3/h4-10,13,21H,11-12H2,1-3H3,(H,22,23). The fourth-order valence-corrected chi connectivity index (χ4v) is 2.37. The van der Waals surface area contributed by atoms with Crippen LogP contribution in [0.5, 0.6) is 5.75 Å². The molecule has 24 heavy (non-hydrogen) atoms. The number of rotatable bonds is 7. The van der Waals surface area contributed by atoms with Gasteiger partial charge in [0.25, 0.3) is 0 Å². The smallest absolute Gasteiger partial charge is 0.226 e. The Hall–Kier alpha value is -2.20. The number of benzene rings is 2. The van der Waals surface area contributed by atoms with Gasteiger partial charge in [-0.2, -0.15) is 0 Å². The van der Waals surface area contributed by atoms with E-state index < -0.39 is 0 Å². The number of nitrogens with one attached hydrogen (secondary N) is 2. The summed E-state index contributed by atoms with van der Waals surface area (Å²) in [7, 11) is 0. The van der Waals surface area contributed by atoms with Gasteiger partial charge in [0, 0.05) is 29.4 Å². The molecular formula is C19H23ClN2O2. The molecule has 0 aromatic heterocycles. The highest BCUT2D eigenvalue weighted by atomic mass is 35.5. The number of halogens is 1. The monoisotopic (exact) mass is 346 g/mol. The summed E-state index contributed by atoms with van der Waals surface area (Å²) >= 11 is 6.05. The van der Waals surface area contributed by atoms with Crippen LogP contribution in [0.3, 0.4) is 0 Å². The molecule has 128 valence electrons. The average Bonchev–Trinajstić information content (AvgIpc) is 2.53. The number of amides is 1. The SMILES string of the molecule is Cc1c(Cl)cccc1NC(=O)CCNc1ccc(OC(C)C)cc1. The van der Waals surface area contributed by atoms with Crippen molar-refractivity contribution in [3.63, 3.8) is 0 Å². The lowest BCUT2D eigenvalue weighted by atomic mass is 10.2.